The van der Waals surface area contributed by atoms with E-state index in [0.717, 1.165) is 71.0 Å². The molecule has 2 aromatic heterocycles. The van der Waals surface area contributed by atoms with Crippen molar-refractivity contribution in [2.24, 2.45) is 0 Å². The lowest BCUT2D eigenvalue weighted by Gasteiger charge is -2.26. The summed E-state index contributed by atoms with van der Waals surface area (Å²) in [5.41, 5.74) is 11.3. The fourth-order valence-corrected chi connectivity index (χ4v) is 5.21. The zero-order chi connectivity index (χ0) is 23.1. The first kappa shape index (κ1) is 21.2. The summed E-state index contributed by atoms with van der Waals surface area (Å²) in [6.45, 7) is 8.89. The Labute approximate surface area is 195 Å². The third-order valence-electron chi connectivity index (χ3n) is 6.71. The Morgan fingerprint density at radius 1 is 0.970 bits per heavy atom. The van der Waals surface area contributed by atoms with Gasteiger partial charge in [0.05, 0.1) is 11.8 Å². The summed E-state index contributed by atoms with van der Waals surface area (Å²) in [7, 11) is 0. The van der Waals surface area contributed by atoms with Crippen LogP contribution in [0, 0.1) is 32.1 Å². The van der Waals surface area contributed by atoms with Crippen molar-refractivity contribution in [3.63, 3.8) is 0 Å². The van der Waals surface area contributed by atoms with Crippen LogP contribution in [0.2, 0.25) is 0 Å². The molecular formula is C28H29N5. The van der Waals surface area contributed by atoms with Crippen molar-refractivity contribution in [1.29, 1.82) is 5.26 Å². The number of nitrogens with zero attached hydrogens (tertiary/aromatic N) is 5. The lowest BCUT2D eigenvalue weighted by molar-refractivity contribution is 0.811. The molecule has 0 fully saturated rings. The Morgan fingerprint density at radius 3 is 2.55 bits per heavy atom. The van der Waals surface area contributed by atoms with Crippen LogP contribution in [0.5, 0.6) is 0 Å². The van der Waals surface area contributed by atoms with Gasteiger partial charge in [-0.05, 0) is 86.6 Å². The van der Waals surface area contributed by atoms with Gasteiger partial charge >= 0.3 is 0 Å². The second kappa shape index (κ2) is 8.37. The van der Waals surface area contributed by atoms with Crippen molar-refractivity contribution in [3.05, 3.63) is 76.2 Å². The van der Waals surface area contributed by atoms with Crippen molar-refractivity contribution in [1.82, 2.24) is 14.5 Å². The van der Waals surface area contributed by atoms with E-state index in [1.54, 1.807) is 0 Å². The normalized spacial score (nSPS) is 12.9. The van der Waals surface area contributed by atoms with Crippen LogP contribution in [0.25, 0.3) is 16.9 Å². The van der Waals surface area contributed by atoms with Crippen LogP contribution >= 0.6 is 0 Å². The number of aryl methyl sites for hydroxylation is 4. The highest BCUT2D eigenvalue weighted by molar-refractivity contribution is 5.80. The van der Waals surface area contributed by atoms with E-state index in [0.29, 0.717) is 6.54 Å². The number of anilines is 2. The van der Waals surface area contributed by atoms with Gasteiger partial charge in [0.25, 0.3) is 0 Å². The van der Waals surface area contributed by atoms with Gasteiger partial charge in [-0.1, -0.05) is 25.1 Å². The fourth-order valence-electron chi connectivity index (χ4n) is 5.21. The van der Waals surface area contributed by atoms with E-state index >= 15 is 0 Å². The zero-order valence-electron chi connectivity index (χ0n) is 19.8. The summed E-state index contributed by atoms with van der Waals surface area (Å²) >= 11 is 0. The van der Waals surface area contributed by atoms with E-state index < -0.39 is 0 Å². The van der Waals surface area contributed by atoms with Crippen molar-refractivity contribution in [3.8, 4) is 11.8 Å². The Balaban J connectivity index is 1.75. The summed E-state index contributed by atoms with van der Waals surface area (Å²) in [4.78, 5) is 12.1. The maximum atomic E-state index is 9.59. The highest BCUT2D eigenvalue weighted by Gasteiger charge is 2.24. The molecule has 0 saturated heterocycles. The molecule has 3 heterocycles. The van der Waals surface area contributed by atoms with Crippen LogP contribution in [-0.4, -0.2) is 21.1 Å². The number of benzene rings is 2. The second-order valence-corrected chi connectivity index (χ2v) is 8.95. The number of imidazole rings is 1. The van der Waals surface area contributed by atoms with E-state index in [9.17, 15) is 5.26 Å². The van der Waals surface area contributed by atoms with Crippen LogP contribution in [0.3, 0.4) is 0 Å². The van der Waals surface area contributed by atoms with E-state index in [4.69, 9.17) is 9.97 Å². The van der Waals surface area contributed by atoms with Crippen molar-refractivity contribution in [2.45, 2.75) is 53.4 Å². The summed E-state index contributed by atoms with van der Waals surface area (Å²) in [6, 6.07) is 17.3. The first-order valence-electron chi connectivity index (χ1n) is 11.7. The first-order chi connectivity index (χ1) is 16.0. The van der Waals surface area contributed by atoms with Gasteiger partial charge in [-0.3, -0.25) is 4.57 Å². The molecule has 0 saturated carbocycles. The SMILES string of the molecule is CCCc1nc2c(C)cc(C)nc2n1-c1ccc2c(c1C)CCc1ccccc1N2CC#N. The number of hydrogen-bond acceptors (Lipinski definition) is 4. The van der Waals surface area contributed by atoms with Gasteiger partial charge < -0.3 is 4.90 Å². The molecule has 0 spiro atoms. The highest BCUT2D eigenvalue weighted by atomic mass is 15.2. The second-order valence-electron chi connectivity index (χ2n) is 8.95. The lowest BCUT2D eigenvalue weighted by atomic mass is 9.98. The minimum Gasteiger partial charge on any atom is -0.327 e. The van der Waals surface area contributed by atoms with E-state index in [-0.39, 0.29) is 0 Å². The molecular weight excluding hydrogens is 406 g/mol. The molecule has 0 unspecified atom stereocenters. The predicted molar refractivity (Wildman–Crippen MR) is 134 cm³/mol. The molecule has 5 rings (SSSR count). The van der Waals surface area contributed by atoms with Crippen molar-refractivity contribution in [2.75, 3.05) is 11.4 Å². The molecule has 0 N–H and O–H groups in total. The van der Waals surface area contributed by atoms with Gasteiger partial charge in [0.1, 0.15) is 17.9 Å². The number of nitriles is 1. The topological polar surface area (TPSA) is 57.7 Å². The molecule has 0 aliphatic carbocycles. The molecule has 1 aliphatic heterocycles. The number of fused-ring (bicyclic) bond motifs is 3. The first-order valence-corrected chi connectivity index (χ1v) is 11.7. The average Bonchev–Trinajstić information content (AvgIpc) is 3.06. The molecule has 0 bridgehead atoms. The molecule has 5 nitrogen and oxygen atoms in total. The Hall–Kier alpha value is -3.65. The molecule has 0 amide bonds. The lowest BCUT2D eigenvalue weighted by Crippen LogP contribution is -2.19. The Bertz CT molecular complexity index is 1410. The van der Waals surface area contributed by atoms with Gasteiger partial charge in [-0.2, -0.15) is 5.26 Å². The van der Waals surface area contributed by atoms with Gasteiger partial charge in [-0.15, -0.1) is 0 Å². The standard InChI is InChI=1S/C28H29N5/c1-5-8-26-31-27-18(2)17-19(3)30-28(27)33(26)23-13-14-25-22(20(23)4)12-11-21-9-6-7-10-24(21)32(25)16-15-29/h6-7,9-10,13-14,17H,5,8,11-12,16H2,1-4H3. The number of hydrogen-bond donors (Lipinski definition) is 0. The molecule has 2 aromatic carbocycles. The molecule has 0 atom stereocenters. The quantitative estimate of drug-likeness (QED) is 0.366. The van der Waals surface area contributed by atoms with Crippen LogP contribution in [0.15, 0.2) is 42.5 Å². The summed E-state index contributed by atoms with van der Waals surface area (Å²) < 4.78 is 2.26. The summed E-state index contributed by atoms with van der Waals surface area (Å²) in [5, 5.41) is 9.59. The maximum Gasteiger partial charge on any atom is 0.165 e. The molecule has 5 heteroatoms. The fraction of sp³-hybridized carbons (Fsp3) is 0.321. The van der Waals surface area contributed by atoms with E-state index in [2.05, 4.69) is 78.8 Å². The monoisotopic (exact) mass is 435 g/mol. The Kier molecular flexibility index (Phi) is 5.38. The molecule has 1 aliphatic rings. The van der Waals surface area contributed by atoms with Gasteiger partial charge in [0.15, 0.2) is 5.65 Å². The van der Waals surface area contributed by atoms with Gasteiger partial charge in [-0.25, -0.2) is 9.97 Å². The molecule has 33 heavy (non-hydrogen) atoms. The van der Waals surface area contributed by atoms with Crippen LogP contribution in [0.1, 0.15) is 47.1 Å². The minimum atomic E-state index is 0.331. The Morgan fingerprint density at radius 2 is 1.76 bits per heavy atom. The highest BCUT2D eigenvalue weighted by Crippen LogP contribution is 2.39. The molecule has 166 valence electrons. The number of para-hydroxylation sites is 1. The summed E-state index contributed by atoms with van der Waals surface area (Å²) in [5.74, 6) is 1.06. The molecule has 4 aromatic rings. The van der Waals surface area contributed by atoms with E-state index in [1.165, 1.54) is 16.7 Å². The van der Waals surface area contributed by atoms with Gasteiger partial charge in [0, 0.05) is 23.5 Å². The summed E-state index contributed by atoms with van der Waals surface area (Å²) in [6.07, 6.45) is 3.82. The number of pyridine rings is 1. The van der Waals surface area contributed by atoms with Crippen LogP contribution in [0.4, 0.5) is 11.4 Å². The van der Waals surface area contributed by atoms with Crippen LogP contribution in [-0.2, 0) is 19.3 Å². The third kappa shape index (κ3) is 3.47. The van der Waals surface area contributed by atoms with Gasteiger partial charge in [0.2, 0.25) is 0 Å². The largest absolute Gasteiger partial charge is 0.327 e. The zero-order valence-corrected chi connectivity index (χ0v) is 19.8. The van der Waals surface area contributed by atoms with E-state index in [1.807, 2.05) is 6.92 Å². The number of aromatic nitrogens is 3. The van der Waals surface area contributed by atoms with Crippen LogP contribution < -0.4 is 4.90 Å². The molecule has 0 radical (unpaired) electrons. The van der Waals surface area contributed by atoms with Crippen molar-refractivity contribution < 1.29 is 0 Å². The average molecular weight is 436 g/mol. The third-order valence-corrected chi connectivity index (χ3v) is 6.71. The predicted octanol–water partition coefficient (Wildman–Crippen LogP) is 6.06. The maximum absolute atomic E-state index is 9.59. The smallest absolute Gasteiger partial charge is 0.165 e. The van der Waals surface area contributed by atoms with Crippen molar-refractivity contribution >= 4 is 22.5 Å². The number of rotatable bonds is 4. The minimum absolute atomic E-state index is 0.331.